The molecule has 0 aliphatic carbocycles. The van der Waals surface area contributed by atoms with E-state index in [9.17, 15) is 0 Å². The standard InChI is InChI=1S/C12H16N2/c1-14-10-4-5-12(14)11(7-10)9-3-2-6-13-8-9/h2-3,6,8,10-12H,4-5,7H2,1H3. The lowest BCUT2D eigenvalue weighted by Gasteiger charge is -2.21. The Balaban J connectivity index is 1.89. The Hall–Kier alpha value is -0.890. The van der Waals surface area contributed by atoms with Crippen molar-refractivity contribution >= 4 is 0 Å². The summed E-state index contributed by atoms with van der Waals surface area (Å²) in [6, 6.07) is 5.91. The predicted octanol–water partition coefficient (Wildman–Crippen LogP) is 2.03. The Morgan fingerprint density at radius 2 is 2.36 bits per heavy atom. The zero-order valence-corrected chi connectivity index (χ0v) is 8.56. The first-order valence-corrected chi connectivity index (χ1v) is 5.48. The number of rotatable bonds is 1. The largest absolute Gasteiger partial charge is 0.300 e. The van der Waals surface area contributed by atoms with Gasteiger partial charge in [-0.1, -0.05) is 6.07 Å². The van der Waals surface area contributed by atoms with E-state index in [2.05, 4.69) is 29.1 Å². The van der Waals surface area contributed by atoms with Crippen molar-refractivity contribution < 1.29 is 0 Å². The second-order valence-corrected chi connectivity index (χ2v) is 4.59. The maximum absolute atomic E-state index is 4.22. The Labute approximate surface area is 85.0 Å². The molecule has 1 aromatic rings. The molecule has 0 spiro atoms. The van der Waals surface area contributed by atoms with E-state index in [-0.39, 0.29) is 0 Å². The molecule has 2 saturated heterocycles. The van der Waals surface area contributed by atoms with Crippen LogP contribution in [-0.2, 0) is 0 Å². The molecule has 2 bridgehead atoms. The van der Waals surface area contributed by atoms with Gasteiger partial charge >= 0.3 is 0 Å². The van der Waals surface area contributed by atoms with Crippen molar-refractivity contribution in [1.82, 2.24) is 9.88 Å². The van der Waals surface area contributed by atoms with Crippen molar-refractivity contribution in [1.29, 1.82) is 0 Å². The van der Waals surface area contributed by atoms with Crippen LogP contribution in [0.2, 0.25) is 0 Å². The van der Waals surface area contributed by atoms with Crippen LogP contribution in [0.4, 0.5) is 0 Å². The van der Waals surface area contributed by atoms with E-state index in [0.717, 1.165) is 18.0 Å². The molecule has 0 aromatic carbocycles. The van der Waals surface area contributed by atoms with E-state index < -0.39 is 0 Å². The van der Waals surface area contributed by atoms with Crippen LogP contribution in [0.5, 0.6) is 0 Å². The first-order valence-electron chi connectivity index (χ1n) is 5.48. The summed E-state index contributed by atoms with van der Waals surface area (Å²) >= 11 is 0. The molecule has 74 valence electrons. The van der Waals surface area contributed by atoms with E-state index in [4.69, 9.17) is 0 Å². The van der Waals surface area contributed by atoms with Gasteiger partial charge in [-0.15, -0.1) is 0 Å². The molecule has 2 aliphatic heterocycles. The molecule has 3 atom stereocenters. The molecule has 3 heterocycles. The third kappa shape index (κ3) is 1.10. The van der Waals surface area contributed by atoms with Gasteiger partial charge in [0.25, 0.3) is 0 Å². The van der Waals surface area contributed by atoms with Gasteiger partial charge in [-0.05, 0) is 37.9 Å². The van der Waals surface area contributed by atoms with Crippen molar-refractivity contribution in [3.8, 4) is 0 Å². The highest BCUT2D eigenvalue weighted by atomic mass is 15.2. The number of pyridine rings is 1. The average Bonchev–Trinajstić information content (AvgIpc) is 2.76. The van der Waals surface area contributed by atoms with E-state index in [1.807, 2.05) is 12.4 Å². The highest BCUT2D eigenvalue weighted by Gasteiger charge is 2.44. The number of fused-ring (bicyclic) bond motifs is 2. The fourth-order valence-electron chi connectivity index (χ4n) is 3.21. The van der Waals surface area contributed by atoms with Gasteiger partial charge in [0.05, 0.1) is 0 Å². The number of nitrogens with zero attached hydrogens (tertiary/aromatic N) is 2. The van der Waals surface area contributed by atoms with Gasteiger partial charge in [0, 0.05) is 30.4 Å². The minimum Gasteiger partial charge on any atom is -0.300 e. The van der Waals surface area contributed by atoms with E-state index in [0.29, 0.717) is 0 Å². The molecule has 1 aromatic heterocycles. The van der Waals surface area contributed by atoms with Gasteiger partial charge in [0.15, 0.2) is 0 Å². The first kappa shape index (κ1) is 8.42. The lowest BCUT2D eigenvalue weighted by molar-refractivity contribution is 0.307. The van der Waals surface area contributed by atoms with Gasteiger partial charge in [-0.2, -0.15) is 0 Å². The molecule has 2 nitrogen and oxygen atoms in total. The summed E-state index contributed by atoms with van der Waals surface area (Å²) in [6.45, 7) is 0. The summed E-state index contributed by atoms with van der Waals surface area (Å²) in [7, 11) is 2.28. The second-order valence-electron chi connectivity index (χ2n) is 4.59. The van der Waals surface area contributed by atoms with E-state index in [1.165, 1.54) is 24.8 Å². The van der Waals surface area contributed by atoms with E-state index in [1.54, 1.807) is 0 Å². The molecule has 0 amide bonds. The van der Waals surface area contributed by atoms with Crippen LogP contribution in [0.25, 0.3) is 0 Å². The lowest BCUT2D eigenvalue weighted by Crippen LogP contribution is -2.25. The molecule has 0 saturated carbocycles. The third-order valence-electron chi connectivity index (χ3n) is 4.00. The SMILES string of the molecule is CN1C2CCC1C(c1cccnc1)C2. The minimum absolute atomic E-state index is 0.743. The lowest BCUT2D eigenvalue weighted by atomic mass is 9.85. The zero-order chi connectivity index (χ0) is 9.54. The van der Waals surface area contributed by atoms with Crippen LogP contribution in [0, 0.1) is 0 Å². The zero-order valence-electron chi connectivity index (χ0n) is 8.56. The fraction of sp³-hybridized carbons (Fsp3) is 0.583. The van der Waals surface area contributed by atoms with Gasteiger partial charge in [-0.25, -0.2) is 0 Å². The molecule has 0 N–H and O–H groups in total. The average molecular weight is 188 g/mol. The Bertz CT molecular complexity index is 322. The molecule has 2 aliphatic rings. The summed E-state index contributed by atoms with van der Waals surface area (Å²) in [5, 5.41) is 0. The van der Waals surface area contributed by atoms with Gasteiger partial charge < -0.3 is 0 Å². The van der Waals surface area contributed by atoms with E-state index >= 15 is 0 Å². The van der Waals surface area contributed by atoms with Gasteiger partial charge in [0.2, 0.25) is 0 Å². The molecule has 3 rings (SSSR count). The van der Waals surface area contributed by atoms with Crippen LogP contribution in [0.15, 0.2) is 24.5 Å². The minimum atomic E-state index is 0.743. The van der Waals surface area contributed by atoms with Crippen LogP contribution >= 0.6 is 0 Å². The van der Waals surface area contributed by atoms with Crippen molar-refractivity contribution in [3.05, 3.63) is 30.1 Å². The topological polar surface area (TPSA) is 16.1 Å². The van der Waals surface area contributed by atoms with Crippen LogP contribution in [0.1, 0.15) is 30.7 Å². The number of likely N-dealkylation sites (N-methyl/N-ethyl adjacent to an activating group) is 1. The number of aromatic nitrogens is 1. The Morgan fingerprint density at radius 1 is 1.43 bits per heavy atom. The van der Waals surface area contributed by atoms with Gasteiger partial charge in [0.1, 0.15) is 0 Å². The Kier molecular flexibility index (Phi) is 1.84. The summed E-state index contributed by atoms with van der Waals surface area (Å²) in [5.74, 6) is 0.743. The molecular weight excluding hydrogens is 172 g/mol. The van der Waals surface area contributed by atoms with Crippen molar-refractivity contribution in [2.24, 2.45) is 0 Å². The second kappa shape index (κ2) is 3.06. The number of hydrogen-bond donors (Lipinski definition) is 0. The van der Waals surface area contributed by atoms with Crippen LogP contribution in [-0.4, -0.2) is 29.0 Å². The molecule has 2 heteroatoms. The van der Waals surface area contributed by atoms with Crippen LogP contribution < -0.4 is 0 Å². The van der Waals surface area contributed by atoms with Crippen molar-refractivity contribution in [2.75, 3.05) is 7.05 Å². The Morgan fingerprint density at radius 3 is 2.93 bits per heavy atom. The molecule has 3 unspecified atom stereocenters. The first-order chi connectivity index (χ1) is 6.86. The summed E-state index contributed by atoms with van der Waals surface area (Å²) in [5.41, 5.74) is 1.44. The fourth-order valence-corrected chi connectivity index (χ4v) is 3.21. The van der Waals surface area contributed by atoms with Gasteiger partial charge in [-0.3, -0.25) is 9.88 Å². The normalized spacial score (nSPS) is 36.5. The summed E-state index contributed by atoms with van der Waals surface area (Å²) < 4.78 is 0. The molecular formula is C12H16N2. The third-order valence-corrected chi connectivity index (χ3v) is 4.00. The van der Waals surface area contributed by atoms with Crippen molar-refractivity contribution in [2.45, 2.75) is 37.3 Å². The molecule has 2 fully saturated rings. The monoisotopic (exact) mass is 188 g/mol. The summed E-state index contributed by atoms with van der Waals surface area (Å²) in [6.07, 6.45) is 8.02. The maximum atomic E-state index is 4.22. The number of hydrogen-bond acceptors (Lipinski definition) is 2. The van der Waals surface area contributed by atoms with Crippen molar-refractivity contribution in [3.63, 3.8) is 0 Å². The quantitative estimate of drug-likeness (QED) is 0.670. The maximum Gasteiger partial charge on any atom is 0.0303 e. The van der Waals surface area contributed by atoms with Crippen LogP contribution in [0.3, 0.4) is 0 Å². The summed E-state index contributed by atoms with van der Waals surface area (Å²) in [4.78, 5) is 6.79. The highest BCUT2D eigenvalue weighted by molar-refractivity contribution is 5.22. The molecule has 0 radical (unpaired) electrons. The molecule has 14 heavy (non-hydrogen) atoms. The highest BCUT2D eigenvalue weighted by Crippen LogP contribution is 2.45. The smallest absolute Gasteiger partial charge is 0.0303 e. The predicted molar refractivity (Wildman–Crippen MR) is 56.2 cm³/mol.